The number of aliphatic carboxylic acids is 1. The van der Waals surface area contributed by atoms with Crippen LogP contribution >= 0.6 is 23.6 Å². The number of rotatable bonds is 2. The lowest BCUT2D eigenvalue weighted by atomic mass is 10.1. The first kappa shape index (κ1) is 9.01. The SMILES string of the molecule is CC(C)(C(=O)O)N(Cl)Cl. The highest BCUT2D eigenvalue weighted by Crippen LogP contribution is 2.19. The smallest absolute Gasteiger partial charge is 0.326 e. The van der Waals surface area contributed by atoms with E-state index in [2.05, 4.69) is 0 Å². The number of carboxylic acid groups (broad SMARTS) is 1. The van der Waals surface area contributed by atoms with Gasteiger partial charge in [0, 0.05) is 0 Å². The third-order valence-corrected chi connectivity index (χ3v) is 1.79. The summed E-state index contributed by atoms with van der Waals surface area (Å²) in [4.78, 5) is 10.3. The van der Waals surface area contributed by atoms with Gasteiger partial charge in [-0.25, -0.2) is 0 Å². The van der Waals surface area contributed by atoms with Crippen LogP contribution in [0.2, 0.25) is 0 Å². The predicted molar refractivity (Wildman–Crippen MR) is 35.3 cm³/mol. The van der Waals surface area contributed by atoms with E-state index in [9.17, 15) is 4.79 Å². The molecule has 0 saturated heterocycles. The second kappa shape index (κ2) is 2.73. The fourth-order valence-corrected chi connectivity index (χ4v) is 0.217. The number of hydrogen-bond acceptors (Lipinski definition) is 2. The highest BCUT2D eigenvalue weighted by Gasteiger charge is 2.32. The third kappa shape index (κ3) is 2.01. The number of hydrogen-bond donors (Lipinski definition) is 1. The summed E-state index contributed by atoms with van der Waals surface area (Å²) in [5.41, 5.74) is -1.22. The Bertz CT molecular complexity index is 124. The number of halogens is 2. The second-order valence-corrected chi connectivity index (χ2v) is 2.95. The highest BCUT2D eigenvalue weighted by atomic mass is 35.5. The van der Waals surface area contributed by atoms with E-state index >= 15 is 0 Å². The molecule has 54 valence electrons. The van der Waals surface area contributed by atoms with Gasteiger partial charge in [0.15, 0.2) is 0 Å². The summed E-state index contributed by atoms with van der Waals surface area (Å²) in [5.74, 6) is -1.06. The first-order valence-corrected chi connectivity index (χ1v) is 2.92. The van der Waals surface area contributed by atoms with Gasteiger partial charge in [0.25, 0.3) is 0 Å². The summed E-state index contributed by atoms with van der Waals surface area (Å²) < 4.78 is 0.606. The number of carbonyl (C=O) groups is 1. The van der Waals surface area contributed by atoms with E-state index in [1.54, 1.807) is 0 Å². The topological polar surface area (TPSA) is 40.5 Å². The first-order chi connectivity index (χ1) is 3.89. The van der Waals surface area contributed by atoms with Crippen molar-refractivity contribution in [2.45, 2.75) is 19.4 Å². The molecule has 0 bridgehead atoms. The monoisotopic (exact) mass is 171 g/mol. The van der Waals surface area contributed by atoms with Gasteiger partial charge in [0.1, 0.15) is 5.54 Å². The van der Waals surface area contributed by atoms with Crippen LogP contribution in [0.15, 0.2) is 0 Å². The Morgan fingerprint density at radius 3 is 1.89 bits per heavy atom. The molecule has 9 heavy (non-hydrogen) atoms. The summed E-state index contributed by atoms with van der Waals surface area (Å²) in [7, 11) is 0. The van der Waals surface area contributed by atoms with Crippen molar-refractivity contribution in [1.82, 2.24) is 3.94 Å². The van der Waals surface area contributed by atoms with Crippen LogP contribution in [0.25, 0.3) is 0 Å². The van der Waals surface area contributed by atoms with E-state index in [-0.39, 0.29) is 0 Å². The van der Waals surface area contributed by atoms with Gasteiger partial charge >= 0.3 is 5.97 Å². The lowest BCUT2D eigenvalue weighted by Crippen LogP contribution is -2.39. The predicted octanol–water partition coefficient (Wildman–Crippen LogP) is 1.46. The van der Waals surface area contributed by atoms with E-state index in [1.807, 2.05) is 0 Å². The summed E-state index contributed by atoms with van der Waals surface area (Å²) in [6.07, 6.45) is 0. The van der Waals surface area contributed by atoms with Gasteiger partial charge in [-0.2, -0.15) is 0 Å². The number of carboxylic acids is 1. The maximum absolute atomic E-state index is 10.3. The van der Waals surface area contributed by atoms with Crippen molar-refractivity contribution in [3.8, 4) is 0 Å². The van der Waals surface area contributed by atoms with Crippen LogP contribution in [0, 0.1) is 0 Å². The minimum absolute atomic E-state index is 0.606. The molecule has 5 heteroatoms. The Morgan fingerprint density at radius 1 is 1.56 bits per heavy atom. The molecule has 0 fully saturated rings. The zero-order chi connectivity index (χ0) is 7.65. The molecule has 0 heterocycles. The summed E-state index contributed by atoms with van der Waals surface area (Å²) in [6.45, 7) is 2.80. The third-order valence-electron chi connectivity index (χ3n) is 0.946. The lowest BCUT2D eigenvalue weighted by Gasteiger charge is -2.21. The zero-order valence-corrected chi connectivity index (χ0v) is 6.57. The molecule has 0 aliphatic rings. The molecular formula is C4H7Cl2NO2. The standard InChI is InChI=1S/C4H7Cl2NO2/c1-4(2,3(8)9)7(5)6/h1-2H3,(H,8,9). The Labute approximate surface area is 63.4 Å². The van der Waals surface area contributed by atoms with Crippen molar-refractivity contribution >= 4 is 29.5 Å². The fraction of sp³-hybridized carbons (Fsp3) is 0.750. The summed E-state index contributed by atoms with van der Waals surface area (Å²) >= 11 is 10.4. The molecule has 3 nitrogen and oxygen atoms in total. The van der Waals surface area contributed by atoms with Gasteiger partial charge < -0.3 is 5.11 Å². The average molecular weight is 172 g/mol. The molecule has 0 aliphatic heterocycles. The van der Waals surface area contributed by atoms with Crippen molar-refractivity contribution in [2.24, 2.45) is 0 Å². The Kier molecular flexibility index (Phi) is 2.73. The van der Waals surface area contributed by atoms with Crippen LogP contribution in [-0.2, 0) is 4.79 Å². The molecule has 0 aromatic carbocycles. The zero-order valence-electron chi connectivity index (χ0n) is 5.06. The van der Waals surface area contributed by atoms with Gasteiger partial charge in [-0.3, -0.25) is 4.79 Å². The highest BCUT2D eigenvalue weighted by molar-refractivity contribution is 6.35. The largest absolute Gasteiger partial charge is 0.480 e. The quantitative estimate of drug-likeness (QED) is 0.641. The van der Waals surface area contributed by atoms with Gasteiger partial charge in [-0.05, 0) is 37.4 Å². The van der Waals surface area contributed by atoms with Gasteiger partial charge in [0.05, 0.1) is 0 Å². The van der Waals surface area contributed by atoms with Crippen LogP contribution in [0.5, 0.6) is 0 Å². The molecule has 0 aliphatic carbocycles. The van der Waals surface area contributed by atoms with Crippen LogP contribution in [0.4, 0.5) is 0 Å². The molecule has 0 aromatic rings. The molecule has 0 atom stereocenters. The average Bonchev–Trinajstić information content (AvgIpc) is 1.65. The molecule has 0 aromatic heterocycles. The molecule has 0 radical (unpaired) electrons. The van der Waals surface area contributed by atoms with Crippen LogP contribution < -0.4 is 0 Å². The molecular weight excluding hydrogens is 165 g/mol. The van der Waals surface area contributed by atoms with Crippen molar-refractivity contribution in [3.63, 3.8) is 0 Å². The minimum Gasteiger partial charge on any atom is -0.480 e. The van der Waals surface area contributed by atoms with E-state index in [0.29, 0.717) is 3.94 Å². The second-order valence-electron chi connectivity index (χ2n) is 2.10. The van der Waals surface area contributed by atoms with Crippen LogP contribution in [-0.4, -0.2) is 20.6 Å². The molecule has 0 unspecified atom stereocenters. The fourth-order valence-electron chi connectivity index (χ4n) is 0.0723. The van der Waals surface area contributed by atoms with Crippen molar-refractivity contribution in [3.05, 3.63) is 0 Å². The Balaban J connectivity index is 4.19. The molecule has 1 N–H and O–H groups in total. The summed E-state index contributed by atoms with van der Waals surface area (Å²) in [6, 6.07) is 0. The number of nitrogens with zero attached hydrogens (tertiary/aromatic N) is 1. The summed E-state index contributed by atoms with van der Waals surface area (Å²) in [5, 5.41) is 8.40. The molecule has 0 rings (SSSR count). The maximum Gasteiger partial charge on any atom is 0.326 e. The normalized spacial score (nSPS) is 12.1. The van der Waals surface area contributed by atoms with Crippen molar-refractivity contribution in [1.29, 1.82) is 0 Å². The van der Waals surface area contributed by atoms with Gasteiger partial charge in [-0.15, -0.1) is 3.94 Å². The van der Waals surface area contributed by atoms with Crippen molar-refractivity contribution in [2.75, 3.05) is 0 Å². The van der Waals surface area contributed by atoms with Crippen LogP contribution in [0.3, 0.4) is 0 Å². The molecule has 0 spiro atoms. The van der Waals surface area contributed by atoms with E-state index in [0.717, 1.165) is 0 Å². The Hall–Kier alpha value is 0.01000. The van der Waals surface area contributed by atoms with E-state index < -0.39 is 11.5 Å². The molecule has 0 amide bonds. The Morgan fingerprint density at radius 2 is 1.89 bits per heavy atom. The minimum atomic E-state index is -1.22. The van der Waals surface area contributed by atoms with Crippen molar-refractivity contribution < 1.29 is 9.90 Å². The van der Waals surface area contributed by atoms with Gasteiger partial charge in [0.2, 0.25) is 0 Å². The van der Waals surface area contributed by atoms with Gasteiger partial charge in [-0.1, -0.05) is 0 Å². The van der Waals surface area contributed by atoms with E-state index in [4.69, 9.17) is 28.7 Å². The first-order valence-electron chi connectivity index (χ1n) is 2.24. The van der Waals surface area contributed by atoms with Crippen LogP contribution in [0.1, 0.15) is 13.8 Å². The lowest BCUT2D eigenvalue weighted by molar-refractivity contribution is -0.144. The maximum atomic E-state index is 10.3. The molecule has 0 saturated carbocycles. The van der Waals surface area contributed by atoms with E-state index in [1.165, 1.54) is 13.8 Å².